The second-order valence-electron chi connectivity index (χ2n) is 3.18. The third kappa shape index (κ3) is 1.61. The second kappa shape index (κ2) is 3.78. The van der Waals surface area contributed by atoms with Gasteiger partial charge >= 0.3 is 0 Å². The molecule has 5 heteroatoms. The van der Waals surface area contributed by atoms with Gasteiger partial charge in [-0.3, -0.25) is 4.79 Å². The minimum atomic E-state index is -0.220. The maximum Gasteiger partial charge on any atom is 0.265 e. The number of hydrogen-bond donors (Lipinski definition) is 2. The zero-order valence-electron chi connectivity index (χ0n) is 8.01. The lowest BCUT2D eigenvalue weighted by atomic mass is 10.2. The number of carbonyl (C=O) groups excluding carboxylic acids is 1. The number of nitrogens with zero attached hydrogens (tertiary/aromatic N) is 1. The topological polar surface area (TPSA) is 70.0 Å². The van der Waals surface area contributed by atoms with E-state index in [4.69, 9.17) is 9.84 Å². The average Bonchev–Trinajstić information content (AvgIpc) is 2.23. The Balaban J connectivity index is 2.43. The highest BCUT2D eigenvalue weighted by Gasteiger charge is 2.26. The molecule has 0 aliphatic carbocycles. The molecule has 2 rings (SSSR count). The van der Waals surface area contributed by atoms with Gasteiger partial charge in [0.25, 0.3) is 5.91 Å². The van der Waals surface area contributed by atoms with Crippen LogP contribution in [0.15, 0.2) is 18.2 Å². The van der Waals surface area contributed by atoms with Crippen molar-refractivity contribution in [3.63, 3.8) is 0 Å². The highest BCUT2D eigenvalue weighted by Crippen LogP contribution is 2.38. The third-order valence-electron chi connectivity index (χ3n) is 2.23. The van der Waals surface area contributed by atoms with Gasteiger partial charge in [-0.2, -0.15) is 0 Å². The van der Waals surface area contributed by atoms with Gasteiger partial charge < -0.3 is 19.8 Å². The van der Waals surface area contributed by atoms with Gasteiger partial charge in [0.05, 0.1) is 12.3 Å². The smallest absolute Gasteiger partial charge is 0.265 e. The van der Waals surface area contributed by atoms with Crippen LogP contribution in [0.3, 0.4) is 0 Å². The first kappa shape index (κ1) is 9.79. The number of ether oxygens (including phenoxy) is 1. The summed E-state index contributed by atoms with van der Waals surface area (Å²) >= 11 is 0. The van der Waals surface area contributed by atoms with E-state index in [0.717, 1.165) is 0 Å². The van der Waals surface area contributed by atoms with Crippen LogP contribution in [0.5, 0.6) is 11.5 Å². The van der Waals surface area contributed by atoms with Gasteiger partial charge in [0.15, 0.2) is 18.1 Å². The van der Waals surface area contributed by atoms with Gasteiger partial charge in [-0.25, -0.2) is 0 Å². The first-order valence-corrected chi connectivity index (χ1v) is 4.60. The summed E-state index contributed by atoms with van der Waals surface area (Å²) in [4.78, 5) is 12.9. The molecule has 5 nitrogen and oxygen atoms in total. The molecule has 1 heterocycles. The molecule has 0 radical (unpaired) electrons. The standard InChI is InChI=1S/C10H11NO4/c12-5-4-11-7-2-1-3-8(13)10(7)15-6-9(11)14/h1-3,12-13H,4-6H2. The fraction of sp³-hybridized carbons (Fsp3) is 0.300. The minimum absolute atomic E-state index is 0.00272. The number of aliphatic hydroxyl groups excluding tert-OH is 1. The van der Waals surface area contributed by atoms with Crippen molar-refractivity contribution in [1.82, 2.24) is 0 Å². The highest BCUT2D eigenvalue weighted by atomic mass is 16.5. The van der Waals surface area contributed by atoms with E-state index in [9.17, 15) is 9.90 Å². The summed E-state index contributed by atoms with van der Waals surface area (Å²) in [5, 5.41) is 18.3. The summed E-state index contributed by atoms with van der Waals surface area (Å²) in [6.07, 6.45) is 0. The van der Waals surface area contributed by atoms with Crippen LogP contribution in [0, 0.1) is 0 Å². The van der Waals surface area contributed by atoms with Crippen LogP contribution in [-0.4, -0.2) is 35.9 Å². The van der Waals surface area contributed by atoms with E-state index in [0.29, 0.717) is 11.4 Å². The van der Waals surface area contributed by atoms with Crippen molar-refractivity contribution in [3.05, 3.63) is 18.2 Å². The van der Waals surface area contributed by atoms with Gasteiger partial charge in [0.2, 0.25) is 0 Å². The summed E-state index contributed by atoms with van der Waals surface area (Å²) < 4.78 is 5.12. The monoisotopic (exact) mass is 209 g/mol. The number of phenols is 1. The van der Waals surface area contributed by atoms with Crippen molar-refractivity contribution in [2.45, 2.75) is 0 Å². The maximum absolute atomic E-state index is 11.5. The number of benzene rings is 1. The van der Waals surface area contributed by atoms with Crippen LogP contribution in [0.25, 0.3) is 0 Å². The first-order valence-electron chi connectivity index (χ1n) is 4.60. The van der Waals surface area contributed by atoms with Crippen molar-refractivity contribution in [1.29, 1.82) is 0 Å². The Morgan fingerprint density at radius 1 is 1.47 bits per heavy atom. The number of phenolic OH excluding ortho intramolecular Hbond substituents is 1. The normalized spacial score (nSPS) is 14.7. The number of aromatic hydroxyl groups is 1. The summed E-state index contributed by atoms with van der Waals surface area (Å²) in [6, 6.07) is 4.79. The number of rotatable bonds is 2. The van der Waals surface area contributed by atoms with Crippen LogP contribution < -0.4 is 9.64 Å². The summed E-state index contributed by atoms with van der Waals surface area (Å²) in [5.74, 6) is 0.0793. The number of para-hydroxylation sites is 1. The van der Waals surface area contributed by atoms with E-state index in [1.807, 2.05) is 0 Å². The van der Waals surface area contributed by atoms with Crippen LogP contribution in [0.2, 0.25) is 0 Å². The van der Waals surface area contributed by atoms with Crippen molar-refractivity contribution in [2.24, 2.45) is 0 Å². The molecule has 0 saturated carbocycles. The Morgan fingerprint density at radius 3 is 3.00 bits per heavy atom. The number of aliphatic hydroxyl groups is 1. The molecular weight excluding hydrogens is 198 g/mol. The van der Waals surface area contributed by atoms with Gasteiger partial charge in [0.1, 0.15) is 0 Å². The molecule has 0 atom stereocenters. The molecule has 1 aliphatic rings. The molecular formula is C10H11NO4. The SMILES string of the molecule is O=C1COc2c(O)cccc2N1CCO. The fourth-order valence-corrected chi connectivity index (χ4v) is 1.56. The molecule has 0 unspecified atom stereocenters. The number of hydrogen-bond acceptors (Lipinski definition) is 4. The zero-order chi connectivity index (χ0) is 10.8. The molecule has 0 aromatic heterocycles. The lowest BCUT2D eigenvalue weighted by molar-refractivity contribution is -0.121. The Labute approximate surface area is 86.5 Å². The summed E-state index contributed by atoms with van der Waals surface area (Å²) in [5.41, 5.74) is 0.500. The molecule has 1 aromatic carbocycles. The third-order valence-corrected chi connectivity index (χ3v) is 2.23. The van der Waals surface area contributed by atoms with E-state index < -0.39 is 0 Å². The predicted molar refractivity (Wildman–Crippen MR) is 53.0 cm³/mol. The second-order valence-corrected chi connectivity index (χ2v) is 3.18. The zero-order valence-corrected chi connectivity index (χ0v) is 8.01. The van der Waals surface area contributed by atoms with Crippen LogP contribution in [0.4, 0.5) is 5.69 Å². The molecule has 1 aliphatic heterocycles. The number of carbonyl (C=O) groups is 1. The van der Waals surface area contributed by atoms with Crippen molar-refractivity contribution in [2.75, 3.05) is 24.7 Å². The number of fused-ring (bicyclic) bond motifs is 1. The summed E-state index contributed by atoms with van der Waals surface area (Å²) in [7, 11) is 0. The Kier molecular flexibility index (Phi) is 2.47. The number of amides is 1. The van der Waals surface area contributed by atoms with E-state index in [2.05, 4.69) is 0 Å². The molecule has 1 amide bonds. The van der Waals surface area contributed by atoms with Crippen LogP contribution >= 0.6 is 0 Å². The van der Waals surface area contributed by atoms with E-state index in [1.165, 1.54) is 11.0 Å². The lowest BCUT2D eigenvalue weighted by Gasteiger charge is -2.28. The number of anilines is 1. The quantitative estimate of drug-likeness (QED) is 0.725. The van der Waals surface area contributed by atoms with Crippen molar-refractivity contribution < 1.29 is 19.7 Å². The van der Waals surface area contributed by atoms with Gasteiger partial charge in [-0.15, -0.1) is 0 Å². The van der Waals surface area contributed by atoms with Crippen molar-refractivity contribution in [3.8, 4) is 11.5 Å². The molecule has 80 valence electrons. The molecule has 0 bridgehead atoms. The van der Waals surface area contributed by atoms with Crippen molar-refractivity contribution >= 4 is 11.6 Å². The van der Waals surface area contributed by atoms with E-state index >= 15 is 0 Å². The highest BCUT2D eigenvalue weighted by molar-refractivity contribution is 5.98. The summed E-state index contributed by atoms with van der Waals surface area (Å²) in [6.45, 7) is -0.0238. The fourth-order valence-electron chi connectivity index (χ4n) is 1.56. The molecule has 1 aromatic rings. The predicted octanol–water partition coefficient (Wildman–Crippen LogP) is 0.110. The average molecular weight is 209 g/mol. The van der Waals surface area contributed by atoms with E-state index in [-0.39, 0.29) is 31.4 Å². The largest absolute Gasteiger partial charge is 0.504 e. The van der Waals surface area contributed by atoms with Gasteiger partial charge in [-0.1, -0.05) is 6.07 Å². The minimum Gasteiger partial charge on any atom is -0.504 e. The lowest BCUT2D eigenvalue weighted by Crippen LogP contribution is -2.40. The Hall–Kier alpha value is -1.75. The first-order chi connectivity index (χ1) is 7.24. The molecule has 2 N–H and O–H groups in total. The van der Waals surface area contributed by atoms with Gasteiger partial charge in [0, 0.05) is 6.54 Å². The Bertz CT molecular complexity index is 391. The molecule has 0 spiro atoms. The molecule has 0 saturated heterocycles. The van der Waals surface area contributed by atoms with Crippen LogP contribution in [-0.2, 0) is 4.79 Å². The van der Waals surface area contributed by atoms with Gasteiger partial charge in [-0.05, 0) is 12.1 Å². The number of β-amino-alcohol motifs (C(OH)–C–C–N with tert-alkyl or cyclic N) is 1. The van der Waals surface area contributed by atoms with E-state index in [1.54, 1.807) is 12.1 Å². The Morgan fingerprint density at radius 2 is 2.27 bits per heavy atom. The maximum atomic E-state index is 11.5. The molecule has 15 heavy (non-hydrogen) atoms. The van der Waals surface area contributed by atoms with Crippen LogP contribution in [0.1, 0.15) is 0 Å². The molecule has 0 fully saturated rings.